The molecule has 0 spiro atoms. The molecule has 2 N–H and O–H groups in total. The summed E-state index contributed by atoms with van der Waals surface area (Å²) in [5, 5.41) is 6.10. The Hall–Kier alpha value is -3.77. The number of benzene rings is 3. The third-order valence-electron chi connectivity index (χ3n) is 4.38. The molecule has 2 amide bonds. The first-order chi connectivity index (χ1) is 15.0. The average Bonchev–Trinajstić information content (AvgIpc) is 2.79. The van der Waals surface area contributed by atoms with Gasteiger partial charge in [-0.2, -0.15) is 0 Å². The molecule has 0 radical (unpaired) electrons. The maximum Gasteiger partial charge on any atom is 0.255 e. The van der Waals surface area contributed by atoms with E-state index in [4.69, 9.17) is 21.1 Å². The van der Waals surface area contributed by atoms with Crippen LogP contribution in [-0.2, 0) is 4.79 Å². The third kappa shape index (κ3) is 5.65. The van der Waals surface area contributed by atoms with Gasteiger partial charge in [0.15, 0.2) is 0 Å². The Kier molecular flexibility index (Phi) is 7.30. The van der Waals surface area contributed by atoms with Crippen molar-refractivity contribution in [3.05, 3.63) is 89.0 Å². The highest BCUT2D eigenvalue weighted by Crippen LogP contribution is 2.36. The Balaban J connectivity index is 1.80. The van der Waals surface area contributed by atoms with Crippen LogP contribution in [0.4, 0.5) is 11.4 Å². The van der Waals surface area contributed by atoms with Crippen LogP contribution in [0.5, 0.6) is 11.5 Å². The number of hydrogen-bond donors (Lipinski definition) is 2. The summed E-state index contributed by atoms with van der Waals surface area (Å²) in [7, 11) is 2.95. The van der Waals surface area contributed by atoms with Crippen LogP contribution in [0.25, 0.3) is 6.08 Å². The zero-order valence-corrected chi connectivity index (χ0v) is 17.8. The van der Waals surface area contributed by atoms with Gasteiger partial charge in [0, 0.05) is 28.8 Å². The van der Waals surface area contributed by atoms with Gasteiger partial charge >= 0.3 is 0 Å². The van der Waals surface area contributed by atoms with Gasteiger partial charge in [-0.05, 0) is 29.8 Å². The molecular formula is C24H21ClN2O4. The first-order valence-electron chi connectivity index (χ1n) is 9.38. The van der Waals surface area contributed by atoms with Crippen molar-refractivity contribution in [3.63, 3.8) is 0 Å². The van der Waals surface area contributed by atoms with E-state index in [2.05, 4.69) is 10.6 Å². The van der Waals surface area contributed by atoms with Crippen LogP contribution in [0, 0.1) is 0 Å². The molecule has 3 rings (SSSR count). The van der Waals surface area contributed by atoms with Crippen molar-refractivity contribution in [2.75, 3.05) is 24.9 Å². The fourth-order valence-corrected chi connectivity index (χ4v) is 3.03. The Morgan fingerprint density at radius 1 is 0.839 bits per heavy atom. The molecule has 0 heterocycles. The number of halogens is 1. The van der Waals surface area contributed by atoms with Gasteiger partial charge in [-0.25, -0.2) is 0 Å². The summed E-state index contributed by atoms with van der Waals surface area (Å²) in [6.07, 6.45) is 2.99. The van der Waals surface area contributed by atoms with E-state index in [1.165, 1.54) is 20.3 Å². The lowest BCUT2D eigenvalue weighted by Crippen LogP contribution is -2.14. The molecule has 31 heavy (non-hydrogen) atoms. The molecule has 0 atom stereocenters. The second-order valence-electron chi connectivity index (χ2n) is 6.42. The minimum atomic E-state index is -0.374. The third-order valence-corrected chi connectivity index (χ3v) is 4.73. The minimum Gasteiger partial charge on any atom is -0.494 e. The van der Waals surface area contributed by atoms with Crippen molar-refractivity contribution in [2.45, 2.75) is 0 Å². The molecule has 0 saturated carbocycles. The maximum atomic E-state index is 12.5. The molecule has 0 fully saturated rings. The van der Waals surface area contributed by atoms with E-state index in [1.54, 1.807) is 54.6 Å². The lowest BCUT2D eigenvalue weighted by atomic mass is 10.2. The van der Waals surface area contributed by atoms with Crippen LogP contribution in [0.2, 0.25) is 5.02 Å². The number of anilines is 2. The molecule has 3 aromatic rings. The predicted molar refractivity (Wildman–Crippen MR) is 123 cm³/mol. The number of carbonyl (C=O) groups is 2. The molecule has 6 nitrogen and oxygen atoms in total. The minimum absolute atomic E-state index is 0.291. The zero-order valence-electron chi connectivity index (χ0n) is 17.0. The molecule has 0 aliphatic heterocycles. The fraction of sp³-hybridized carbons (Fsp3) is 0.0833. The summed E-state index contributed by atoms with van der Waals surface area (Å²) in [6.45, 7) is 0. The molecule has 0 bridgehead atoms. The Morgan fingerprint density at radius 3 is 2.03 bits per heavy atom. The first kappa shape index (κ1) is 21.9. The molecule has 0 aliphatic rings. The van der Waals surface area contributed by atoms with Gasteiger partial charge in [0.05, 0.1) is 25.6 Å². The molecule has 0 unspecified atom stereocenters. The molecule has 0 aliphatic carbocycles. The van der Waals surface area contributed by atoms with Gasteiger partial charge in [-0.15, -0.1) is 0 Å². The zero-order chi connectivity index (χ0) is 22.2. The standard InChI is InChI=1S/C24H21ClN2O4/c1-30-21-15-20(27-24(29)17-9-4-3-5-10-17)22(31-2)14-19(21)26-23(28)13-12-16-8-6-7-11-18(16)25/h3-15H,1-2H3,(H,26,28)(H,27,29)/b13-12+. The summed E-state index contributed by atoms with van der Waals surface area (Å²) in [5.74, 6) is 0.0703. The first-order valence-corrected chi connectivity index (χ1v) is 9.75. The van der Waals surface area contributed by atoms with Crippen molar-refractivity contribution < 1.29 is 19.1 Å². The summed E-state index contributed by atoms with van der Waals surface area (Å²) >= 11 is 6.10. The lowest BCUT2D eigenvalue weighted by molar-refractivity contribution is -0.111. The largest absolute Gasteiger partial charge is 0.494 e. The van der Waals surface area contributed by atoms with Crippen molar-refractivity contribution in [2.24, 2.45) is 0 Å². The lowest BCUT2D eigenvalue weighted by Gasteiger charge is -2.16. The Labute approximate surface area is 185 Å². The van der Waals surface area contributed by atoms with Gasteiger partial charge in [0.25, 0.3) is 5.91 Å². The molecule has 0 saturated heterocycles. The quantitative estimate of drug-likeness (QED) is 0.495. The topological polar surface area (TPSA) is 76.7 Å². The molecule has 0 aromatic heterocycles. The van der Waals surface area contributed by atoms with Gasteiger partial charge in [0.2, 0.25) is 5.91 Å². The van der Waals surface area contributed by atoms with E-state index in [0.717, 1.165) is 5.56 Å². The summed E-state index contributed by atoms with van der Waals surface area (Å²) in [6, 6.07) is 19.2. The smallest absolute Gasteiger partial charge is 0.255 e. The average molecular weight is 437 g/mol. The predicted octanol–water partition coefficient (Wildman–Crippen LogP) is 5.26. The monoisotopic (exact) mass is 436 g/mol. The van der Waals surface area contributed by atoms with E-state index >= 15 is 0 Å². The van der Waals surface area contributed by atoms with Crippen LogP contribution in [-0.4, -0.2) is 26.0 Å². The molecule has 158 valence electrons. The second-order valence-corrected chi connectivity index (χ2v) is 6.82. The summed E-state index contributed by atoms with van der Waals surface area (Å²) in [4.78, 5) is 24.9. The van der Waals surface area contributed by atoms with E-state index in [-0.39, 0.29) is 11.8 Å². The number of rotatable bonds is 7. The van der Waals surface area contributed by atoms with Crippen LogP contribution >= 0.6 is 11.6 Å². The van der Waals surface area contributed by atoms with Crippen molar-refractivity contribution >= 4 is 40.9 Å². The van der Waals surface area contributed by atoms with E-state index in [0.29, 0.717) is 33.5 Å². The number of hydrogen-bond acceptors (Lipinski definition) is 4. The van der Waals surface area contributed by atoms with Crippen LogP contribution in [0.3, 0.4) is 0 Å². The van der Waals surface area contributed by atoms with Crippen LogP contribution < -0.4 is 20.1 Å². The van der Waals surface area contributed by atoms with Crippen molar-refractivity contribution in [1.29, 1.82) is 0 Å². The highest BCUT2D eigenvalue weighted by Gasteiger charge is 2.15. The van der Waals surface area contributed by atoms with Crippen LogP contribution in [0.1, 0.15) is 15.9 Å². The summed E-state index contributed by atoms with van der Waals surface area (Å²) in [5.41, 5.74) is 2.04. The van der Waals surface area contributed by atoms with E-state index < -0.39 is 0 Å². The number of amides is 2. The van der Waals surface area contributed by atoms with Crippen LogP contribution in [0.15, 0.2) is 72.8 Å². The van der Waals surface area contributed by atoms with E-state index in [9.17, 15) is 9.59 Å². The highest BCUT2D eigenvalue weighted by molar-refractivity contribution is 6.32. The molecule has 7 heteroatoms. The summed E-state index contributed by atoms with van der Waals surface area (Å²) < 4.78 is 10.8. The second kappa shape index (κ2) is 10.3. The van der Waals surface area contributed by atoms with Gasteiger partial charge in [-0.3, -0.25) is 9.59 Å². The number of nitrogens with one attached hydrogen (secondary N) is 2. The van der Waals surface area contributed by atoms with E-state index in [1.807, 2.05) is 18.2 Å². The number of carbonyl (C=O) groups excluding carboxylic acids is 2. The Morgan fingerprint density at radius 2 is 1.42 bits per heavy atom. The molecular weight excluding hydrogens is 416 g/mol. The number of ether oxygens (including phenoxy) is 2. The SMILES string of the molecule is COc1cc(NC(=O)c2ccccc2)c(OC)cc1NC(=O)/C=C/c1ccccc1Cl. The van der Waals surface area contributed by atoms with Crippen molar-refractivity contribution in [3.8, 4) is 11.5 Å². The van der Waals surface area contributed by atoms with Gasteiger partial charge < -0.3 is 20.1 Å². The highest BCUT2D eigenvalue weighted by atomic mass is 35.5. The molecule has 3 aromatic carbocycles. The number of methoxy groups -OCH3 is 2. The fourth-order valence-electron chi connectivity index (χ4n) is 2.83. The maximum absolute atomic E-state index is 12.5. The van der Waals surface area contributed by atoms with Gasteiger partial charge in [0.1, 0.15) is 11.5 Å². The Bertz CT molecular complexity index is 1110. The van der Waals surface area contributed by atoms with Gasteiger partial charge in [-0.1, -0.05) is 48.0 Å². The normalized spacial score (nSPS) is 10.5. The van der Waals surface area contributed by atoms with Crippen molar-refractivity contribution in [1.82, 2.24) is 0 Å².